The van der Waals surface area contributed by atoms with E-state index in [-0.39, 0.29) is 18.2 Å². The standard InChI is InChI=1S/C11H14N4O2/c1-6-2-3-7(12)8(4-6)13-11(17)9-5-10(16)15-14-9/h2-4,9,14H,5,12H2,1H3,(H,13,17)(H,15,16). The van der Waals surface area contributed by atoms with E-state index in [1.54, 1.807) is 12.1 Å². The maximum absolute atomic E-state index is 11.8. The lowest BCUT2D eigenvalue weighted by Gasteiger charge is -2.12. The SMILES string of the molecule is Cc1ccc(N)c(NC(=O)C2CC(=O)NN2)c1. The Balaban J connectivity index is 2.07. The second kappa shape index (κ2) is 4.42. The van der Waals surface area contributed by atoms with E-state index in [9.17, 15) is 9.59 Å². The molecular formula is C11H14N4O2. The van der Waals surface area contributed by atoms with Crippen LogP contribution in [0.15, 0.2) is 18.2 Å². The number of hydrogen-bond acceptors (Lipinski definition) is 4. The molecule has 1 aliphatic rings. The van der Waals surface area contributed by atoms with Crippen LogP contribution in [0.1, 0.15) is 12.0 Å². The third-order valence-electron chi connectivity index (χ3n) is 2.56. The molecule has 6 nitrogen and oxygen atoms in total. The minimum absolute atomic E-state index is 0.136. The average Bonchev–Trinajstić information content (AvgIpc) is 2.70. The lowest BCUT2D eigenvalue weighted by Crippen LogP contribution is -2.39. The minimum atomic E-state index is -0.553. The smallest absolute Gasteiger partial charge is 0.243 e. The fraction of sp³-hybridized carbons (Fsp3) is 0.273. The number of benzene rings is 1. The number of nitrogens with two attached hydrogens (primary N) is 1. The molecule has 1 heterocycles. The Morgan fingerprint density at radius 1 is 1.53 bits per heavy atom. The summed E-state index contributed by atoms with van der Waals surface area (Å²) in [6.07, 6.45) is 0.136. The van der Waals surface area contributed by atoms with Gasteiger partial charge in [0, 0.05) is 0 Å². The molecule has 1 aromatic carbocycles. The molecule has 0 bridgehead atoms. The van der Waals surface area contributed by atoms with Gasteiger partial charge in [-0.2, -0.15) is 0 Å². The van der Waals surface area contributed by atoms with Gasteiger partial charge < -0.3 is 11.1 Å². The summed E-state index contributed by atoms with van der Waals surface area (Å²) in [5.74, 6) is -0.469. The van der Waals surface area contributed by atoms with Gasteiger partial charge in [0.1, 0.15) is 6.04 Å². The van der Waals surface area contributed by atoms with Crippen molar-refractivity contribution in [3.8, 4) is 0 Å². The van der Waals surface area contributed by atoms with Crippen molar-refractivity contribution in [2.75, 3.05) is 11.1 Å². The van der Waals surface area contributed by atoms with Crippen molar-refractivity contribution < 1.29 is 9.59 Å². The van der Waals surface area contributed by atoms with Crippen molar-refractivity contribution in [2.45, 2.75) is 19.4 Å². The van der Waals surface area contributed by atoms with Crippen LogP contribution in [0.5, 0.6) is 0 Å². The second-order valence-electron chi connectivity index (χ2n) is 4.03. The van der Waals surface area contributed by atoms with E-state index in [4.69, 9.17) is 5.73 Å². The highest BCUT2D eigenvalue weighted by Gasteiger charge is 2.27. The largest absolute Gasteiger partial charge is 0.397 e. The summed E-state index contributed by atoms with van der Waals surface area (Å²) in [6.45, 7) is 1.91. The molecule has 1 saturated heterocycles. The zero-order valence-electron chi connectivity index (χ0n) is 9.41. The molecule has 1 aliphatic heterocycles. The molecule has 0 aliphatic carbocycles. The van der Waals surface area contributed by atoms with Crippen molar-refractivity contribution in [3.63, 3.8) is 0 Å². The fourth-order valence-electron chi connectivity index (χ4n) is 1.61. The number of aryl methyl sites for hydroxylation is 1. The third-order valence-corrected chi connectivity index (χ3v) is 2.56. The van der Waals surface area contributed by atoms with Crippen LogP contribution in [-0.4, -0.2) is 17.9 Å². The Morgan fingerprint density at radius 3 is 2.94 bits per heavy atom. The predicted octanol–water partition coefficient (Wildman–Crippen LogP) is -0.0912. The number of hydrogen-bond donors (Lipinski definition) is 4. The third kappa shape index (κ3) is 2.54. The fourth-order valence-corrected chi connectivity index (χ4v) is 1.61. The Morgan fingerprint density at radius 2 is 2.29 bits per heavy atom. The monoisotopic (exact) mass is 234 g/mol. The van der Waals surface area contributed by atoms with Crippen LogP contribution in [0.25, 0.3) is 0 Å². The molecule has 90 valence electrons. The van der Waals surface area contributed by atoms with Gasteiger partial charge in [0.15, 0.2) is 0 Å². The second-order valence-corrected chi connectivity index (χ2v) is 4.03. The Labute approximate surface area is 98.5 Å². The topological polar surface area (TPSA) is 96.2 Å². The van der Waals surface area contributed by atoms with E-state index >= 15 is 0 Å². The quantitative estimate of drug-likeness (QED) is 0.538. The summed E-state index contributed by atoms with van der Waals surface area (Å²) in [5.41, 5.74) is 12.8. The molecule has 0 aromatic heterocycles. The van der Waals surface area contributed by atoms with E-state index in [0.29, 0.717) is 11.4 Å². The number of nitrogen functional groups attached to an aromatic ring is 1. The lowest BCUT2D eigenvalue weighted by molar-refractivity contribution is -0.121. The first-order valence-corrected chi connectivity index (χ1v) is 5.27. The Kier molecular flexibility index (Phi) is 2.97. The summed E-state index contributed by atoms with van der Waals surface area (Å²) in [7, 11) is 0. The summed E-state index contributed by atoms with van der Waals surface area (Å²) in [6, 6.07) is 4.83. The molecule has 17 heavy (non-hydrogen) atoms. The highest BCUT2D eigenvalue weighted by Crippen LogP contribution is 2.20. The van der Waals surface area contributed by atoms with Crippen molar-refractivity contribution in [3.05, 3.63) is 23.8 Å². The zero-order valence-corrected chi connectivity index (χ0v) is 9.41. The molecular weight excluding hydrogens is 220 g/mol. The van der Waals surface area contributed by atoms with Gasteiger partial charge in [0.05, 0.1) is 17.8 Å². The van der Waals surface area contributed by atoms with Crippen LogP contribution in [-0.2, 0) is 9.59 Å². The number of rotatable bonds is 2. The molecule has 2 rings (SSSR count). The van der Waals surface area contributed by atoms with Gasteiger partial charge >= 0.3 is 0 Å². The van der Waals surface area contributed by atoms with E-state index < -0.39 is 6.04 Å². The van der Waals surface area contributed by atoms with Crippen LogP contribution >= 0.6 is 0 Å². The van der Waals surface area contributed by atoms with Crippen molar-refractivity contribution in [2.24, 2.45) is 0 Å². The van der Waals surface area contributed by atoms with Crippen molar-refractivity contribution >= 4 is 23.2 Å². The normalized spacial score (nSPS) is 18.9. The lowest BCUT2D eigenvalue weighted by atomic mass is 10.1. The number of nitrogens with one attached hydrogen (secondary N) is 3. The van der Waals surface area contributed by atoms with Crippen LogP contribution in [0.2, 0.25) is 0 Å². The average molecular weight is 234 g/mol. The summed E-state index contributed by atoms with van der Waals surface area (Å²) >= 11 is 0. The van der Waals surface area contributed by atoms with Crippen LogP contribution in [0.3, 0.4) is 0 Å². The summed E-state index contributed by atoms with van der Waals surface area (Å²) in [4.78, 5) is 22.8. The minimum Gasteiger partial charge on any atom is -0.397 e. The number of anilines is 2. The molecule has 6 heteroatoms. The highest BCUT2D eigenvalue weighted by molar-refractivity contribution is 6.00. The van der Waals surface area contributed by atoms with Gasteiger partial charge in [-0.05, 0) is 24.6 Å². The highest BCUT2D eigenvalue weighted by atomic mass is 16.2. The van der Waals surface area contributed by atoms with E-state index in [2.05, 4.69) is 16.2 Å². The molecule has 2 amide bonds. The molecule has 1 fully saturated rings. The number of hydrazine groups is 1. The van der Waals surface area contributed by atoms with E-state index in [1.807, 2.05) is 13.0 Å². The van der Waals surface area contributed by atoms with Gasteiger partial charge in [-0.25, -0.2) is 5.43 Å². The van der Waals surface area contributed by atoms with Gasteiger partial charge in [-0.15, -0.1) is 0 Å². The summed E-state index contributed by atoms with van der Waals surface area (Å²) < 4.78 is 0. The maximum Gasteiger partial charge on any atom is 0.243 e. The van der Waals surface area contributed by atoms with E-state index in [1.165, 1.54) is 0 Å². The molecule has 1 aromatic rings. The molecule has 5 N–H and O–H groups in total. The molecule has 0 spiro atoms. The molecule has 1 atom stereocenters. The van der Waals surface area contributed by atoms with Gasteiger partial charge in [-0.1, -0.05) is 6.07 Å². The van der Waals surface area contributed by atoms with Crippen LogP contribution in [0, 0.1) is 6.92 Å². The Bertz CT molecular complexity index is 473. The number of amides is 2. The first kappa shape index (κ1) is 11.4. The van der Waals surface area contributed by atoms with Crippen LogP contribution < -0.4 is 21.9 Å². The zero-order chi connectivity index (χ0) is 12.4. The molecule has 0 saturated carbocycles. The molecule has 1 unspecified atom stereocenters. The predicted molar refractivity (Wildman–Crippen MR) is 63.9 cm³/mol. The van der Waals surface area contributed by atoms with Crippen molar-refractivity contribution in [1.82, 2.24) is 10.9 Å². The Hall–Kier alpha value is -2.08. The molecule has 0 radical (unpaired) electrons. The van der Waals surface area contributed by atoms with E-state index in [0.717, 1.165) is 5.56 Å². The van der Waals surface area contributed by atoms with Gasteiger partial charge in [-0.3, -0.25) is 15.0 Å². The van der Waals surface area contributed by atoms with Crippen molar-refractivity contribution in [1.29, 1.82) is 0 Å². The first-order chi connectivity index (χ1) is 8.06. The number of carbonyl (C=O) groups excluding carboxylic acids is 2. The first-order valence-electron chi connectivity index (χ1n) is 5.27. The van der Waals surface area contributed by atoms with Gasteiger partial charge in [0.2, 0.25) is 11.8 Å². The van der Waals surface area contributed by atoms with Gasteiger partial charge in [0.25, 0.3) is 0 Å². The summed E-state index contributed by atoms with van der Waals surface area (Å²) in [5, 5.41) is 2.69. The van der Waals surface area contributed by atoms with Crippen LogP contribution in [0.4, 0.5) is 11.4 Å². The maximum atomic E-state index is 11.8. The number of carbonyl (C=O) groups is 2.